The fourth-order valence-electron chi connectivity index (χ4n) is 1.31. The van der Waals surface area contributed by atoms with Crippen molar-refractivity contribution in [2.45, 2.75) is 12.8 Å². The second kappa shape index (κ2) is 8.49. The fraction of sp³-hybridized carbons (Fsp3) is 0.462. The minimum Gasteiger partial charge on any atom is -0.494 e. The molecule has 100 valence electrons. The summed E-state index contributed by atoms with van der Waals surface area (Å²) in [5.74, 6) is -0.297. The summed E-state index contributed by atoms with van der Waals surface area (Å²) < 4.78 is 10.7. The van der Waals surface area contributed by atoms with Gasteiger partial charge in [0.25, 0.3) is 0 Å². The van der Waals surface area contributed by atoms with Crippen LogP contribution in [0.25, 0.3) is 0 Å². The molecule has 0 saturated carbocycles. The van der Waals surface area contributed by atoms with Gasteiger partial charge in [0.2, 0.25) is 0 Å². The molecule has 0 unspecified atom stereocenters. The summed E-state index contributed by atoms with van der Waals surface area (Å²) in [7, 11) is 0. The van der Waals surface area contributed by atoms with E-state index in [1.165, 1.54) is 12.1 Å². The van der Waals surface area contributed by atoms with Crippen molar-refractivity contribution in [2.24, 2.45) is 0 Å². The quantitative estimate of drug-likeness (QED) is 0.654. The zero-order chi connectivity index (χ0) is 13.2. The number of carboxylic acids is 1. The molecule has 0 amide bonds. The van der Waals surface area contributed by atoms with Crippen LogP contribution in [0, 0.1) is 0 Å². The minimum absolute atomic E-state index is 0.145. The van der Waals surface area contributed by atoms with E-state index in [-0.39, 0.29) is 12.2 Å². The van der Waals surface area contributed by atoms with Gasteiger partial charge in [0.1, 0.15) is 5.75 Å². The molecule has 1 rings (SSSR count). The van der Waals surface area contributed by atoms with Gasteiger partial charge in [-0.3, -0.25) is 0 Å². The highest BCUT2D eigenvalue weighted by Gasteiger charge is 2.01. The molecule has 5 heteroatoms. The van der Waals surface area contributed by atoms with Crippen LogP contribution in [0.5, 0.6) is 5.75 Å². The molecule has 0 aromatic heterocycles. The van der Waals surface area contributed by atoms with Crippen LogP contribution in [0.1, 0.15) is 23.2 Å². The molecule has 0 spiro atoms. The van der Waals surface area contributed by atoms with E-state index in [1.807, 2.05) is 0 Å². The Kier molecular flexibility index (Phi) is 6.83. The third-order valence-electron chi connectivity index (χ3n) is 2.25. The van der Waals surface area contributed by atoms with Crippen LogP contribution in [0.2, 0.25) is 0 Å². The molecular formula is C13H18O5. The van der Waals surface area contributed by atoms with Gasteiger partial charge in [-0.25, -0.2) is 4.79 Å². The Balaban J connectivity index is 2.14. The summed E-state index contributed by atoms with van der Waals surface area (Å²) in [4.78, 5) is 10.6. The predicted molar refractivity (Wildman–Crippen MR) is 66.0 cm³/mol. The standard InChI is InChI=1S/C13H18O5/c14-7-1-8-17-9-2-10-18-12-5-3-11(4-6-12)13(15)16/h3-6,14H,1-2,7-10H2,(H,15,16). The van der Waals surface area contributed by atoms with E-state index >= 15 is 0 Å². The molecule has 0 atom stereocenters. The summed E-state index contributed by atoms with van der Waals surface area (Å²) in [5, 5.41) is 17.3. The molecule has 0 heterocycles. The molecule has 0 aliphatic carbocycles. The van der Waals surface area contributed by atoms with Gasteiger partial charge in [-0.1, -0.05) is 0 Å². The van der Waals surface area contributed by atoms with Gasteiger partial charge in [-0.05, 0) is 30.7 Å². The van der Waals surface area contributed by atoms with Crippen molar-refractivity contribution in [3.8, 4) is 5.75 Å². The lowest BCUT2D eigenvalue weighted by Crippen LogP contribution is -2.05. The first-order valence-electron chi connectivity index (χ1n) is 5.89. The maximum Gasteiger partial charge on any atom is 0.335 e. The molecule has 18 heavy (non-hydrogen) atoms. The van der Waals surface area contributed by atoms with Crippen molar-refractivity contribution in [2.75, 3.05) is 26.4 Å². The van der Waals surface area contributed by atoms with Crippen LogP contribution in [0.4, 0.5) is 0 Å². The smallest absolute Gasteiger partial charge is 0.335 e. The van der Waals surface area contributed by atoms with Gasteiger partial charge < -0.3 is 19.7 Å². The van der Waals surface area contributed by atoms with Gasteiger partial charge in [0, 0.05) is 26.2 Å². The predicted octanol–water partition coefficient (Wildman–Crippen LogP) is 1.55. The zero-order valence-electron chi connectivity index (χ0n) is 10.2. The SMILES string of the molecule is O=C(O)c1ccc(OCCCOCCCO)cc1. The minimum atomic E-state index is -0.946. The monoisotopic (exact) mass is 254 g/mol. The number of ether oxygens (including phenoxy) is 2. The number of aromatic carboxylic acids is 1. The molecular weight excluding hydrogens is 236 g/mol. The van der Waals surface area contributed by atoms with E-state index < -0.39 is 5.97 Å². The van der Waals surface area contributed by atoms with Crippen molar-refractivity contribution in [1.82, 2.24) is 0 Å². The highest BCUT2D eigenvalue weighted by Crippen LogP contribution is 2.12. The average molecular weight is 254 g/mol. The Morgan fingerprint density at radius 2 is 1.72 bits per heavy atom. The number of carbonyl (C=O) groups is 1. The second-order valence-corrected chi connectivity index (χ2v) is 3.72. The van der Waals surface area contributed by atoms with Crippen LogP contribution in [0.15, 0.2) is 24.3 Å². The average Bonchev–Trinajstić information content (AvgIpc) is 2.38. The lowest BCUT2D eigenvalue weighted by molar-refractivity contribution is 0.0697. The molecule has 0 aliphatic heterocycles. The van der Waals surface area contributed by atoms with E-state index in [1.54, 1.807) is 12.1 Å². The number of rotatable bonds is 9. The molecule has 5 nitrogen and oxygen atoms in total. The Morgan fingerprint density at radius 3 is 2.33 bits per heavy atom. The maximum absolute atomic E-state index is 10.6. The Hall–Kier alpha value is -1.59. The van der Waals surface area contributed by atoms with Crippen molar-refractivity contribution in [3.05, 3.63) is 29.8 Å². The van der Waals surface area contributed by atoms with Gasteiger partial charge in [-0.15, -0.1) is 0 Å². The number of hydrogen-bond acceptors (Lipinski definition) is 4. The normalized spacial score (nSPS) is 10.3. The largest absolute Gasteiger partial charge is 0.494 e. The highest BCUT2D eigenvalue weighted by atomic mass is 16.5. The Labute approximate surface area is 106 Å². The number of hydrogen-bond donors (Lipinski definition) is 2. The summed E-state index contributed by atoms with van der Waals surface area (Å²) in [6.45, 7) is 1.81. The summed E-state index contributed by atoms with van der Waals surface area (Å²) in [5.41, 5.74) is 0.245. The van der Waals surface area contributed by atoms with Gasteiger partial charge in [0.05, 0.1) is 12.2 Å². The van der Waals surface area contributed by atoms with Crippen molar-refractivity contribution >= 4 is 5.97 Å². The van der Waals surface area contributed by atoms with Crippen molar-refractivity contribution in [1.29, 1.82) is 0 Å². The van der Waals surface area contributed by atoms with Crippen LogP contribution < -0.4 is 4.74 Å². The molecule has 0 fully saturated rings. The number of carboxylic acid groups (broad SMARTS) is 1. The lowest BCUT2D eigenvalue weighted by atomic mass is 10.2. The second-order valence-electron chi connectivity index (χ2n) is 3.72. The lowest BCUT2D eigenvalue weighted by Gasteiger charge is -2.06. The number of aliphatic hydroxyl groups is 1. The zero-order valence-corrected chi connectivity index (χ0v) is 10.2. The summed E-state index contributed by atoms with van der Waals surface area (Å²) in [6.07, 6.45) is 1.41. The van der Waals surface area contributed by atoms with Crippen LogP contribution in [-0.2, 0) is 4.74 Å². The first-order chi connectivity index (χ1) is 8.74. The molecule has 1 aromatic carbocycles. The summed E-state index contributed by atoms with van der Waals surface area (Å²) in [6, 6.07) is 6.29. The first-order valence-corrected chi connectivity index (χ1v) is 5.89. The third kappa shape index (κ3) is 5.65. The van der Waals surface area contributed by atoms with Gasteiger partial charge >= 0.3 is 5.97 Å². The van der Waals surface area contributed by atoms with E-state index in [9.17, 15) is 4.79 Å². The third-order valence-corrected chi connectivity index (χ3v) is 2.25. The summed E-state index contributed by atoms with van der Waals surface area (Å²) >= 11 is 0. The van der Waals surface area contributed by atoms with Gasteiger partial charge in [0.15, 0.2) is 0 Å². The van der Waals surface area contributed by atoms with E-state index in [0.717, 1.165) is 6.42 Å². The Bertz CT molecular complexity index is 347. The van der Waals surface area contributed by atoms with Crippen LogP contribution in [0.3, 0.4) is 0 Å². The maximum atomic E-state index is 10.6. The molecule has 0 radical (unpaired) electrons. The van der Waals surface area contributed by atoms with E-state index in [4.69, 9.17) is 19.7 Å². The Morgan fingerprint density at radius 1 is 1.06 bits per heavy atom. The van der Waals surface area contributed by atoms with Crippen LogP contribution in [-0.4, -0.2) is 42.6 Å². The van der Waals surface area contributed by atoms with Gasteiger partial charge in [-0.2, -0.15) is 0 Å². The molecule has 0 saturated heterocycles. The molecule has 2 N–H and O–H groups in total. The van der Waals surface area contributed by atoms with Crippen LogP contribution >= 0.6 is 0 Å². The first kappa shape index (κ1) is 14.5. The number of benzene rings is 1. The topological polar surface area (TPSA) is 76.0 Å². The van der Waals surface area contributed by atoms with E-state index in [0.29, 0.717) is 32.0 Å². The van der Waals surface area contributed by atoms with Crippen molar-refractivity contribution in [3.63, 3.8) is 0 Å². The molecule has 0 aliphatic rings. The molecule has 0 bridgehead atoms. The number of aliphatic hydroxyl groups excluding tert-OH is 1. The van der Waals surface area contributed by atoms with Crippen molar-refractivity contribution < 1.29 is 24.5 Å². The fourth-order valence-corrected chi connectivity index (χ4v) is 1.31. The molecule has 1 aromatic rings. The highest BCUT2D eigenvalue weighted by molar-refractivity contribution is 5.87. The van der Waals surface area contributed by atoms with E-state index in [2.05, 4.69) is 0 Å².